The molecule has 3 saturated carbocycles. The molecule has 3 unspecified atom stereocenters. The lowest BCUT2D eigenvalue weighted by atomic mass is 9.48. The van der Waals surface area contributed by atoms with E-state index in [0.29, 0.717) is 54.5 Å². The minimum absolute atomic E-state index is 0.0326. The molecule has 10 nitrogen and oxygen atoms in total. The predicted molar refractivity (Wildman–Crippen MR) is 173 cm³/mol. The summed E-state index contributed by atoms with van der Waals surface area (Å²) in [5, 5.41) is 13.0. The zero-order valence-electron chi connectivity index (χ0n) is 26.5. The fourth-order valence-corrected chi connectivity index (χ4v) is 11.8. The molecule has 45 heavy (non-hydrogen) atoms. The summed E-state index contributed by atoms with van der Waals surface area (Å²) < 4.78 is 30.1. The number of amides is 1. The first-order valence-electron chi connectivity index (χ1n) is 16.2. The summed E-state index contributed by atoms with van der Waals surface area (Å²) in [7, 11) is -3.63. The molecule has 0 bridgehead atoms. The van der Waals surface area contributed by atoms with Crippen molar-refractivity contribution in [3.05, 3.63) is 52.4 Å². The lowest BCUT2D eigenvalue weighted by Crippen LogP contribution is -2.63. The van der Waals surface area contributed by atoms with Gasteiger partial charge in [-0.2, -0.15) is 4.98 Å². The summed E-state index contributed by atoms with van der Waals surface area (Å²) in [6.07, 6.45) is 8.36. The minimum atomic E-state index is -3.63. The number of anilines is 2. The van der Waals surface area contributed by atoms with Gasteiger partial charge in [-0.25, -0.2) is 18.2 Å². The van der Waals surface area contributed by atoms with Gasteiger partial charge in [-0.1, -0.05) is 27.2 Å². The van der Waals surface area contributed by atoms with Crippen LogP contribution in [0.2, 0.25) is 0 Å². The number of hydrogen-bond donors (Lipinski definition) is 2. The van der Waals surface area contributed by atoms with Crippen molar-refractivity contribution >= 4 is 38.6 Å². The number of piperidine rings is 1. The Balaban J connectivity index is 1.14. The minimum Gasteiger partial charge on any atom is -0.465 e. The van der Waals surface area contributed by atoms with E-state index in [1.54, 1.807) is 36.5 Å². The highest BCUT2D eigenvalue weighted by molar-refractivity contribution is 7.92. The molecule has 4 fully saturated rings. The first-order valence-corrected chi connectivity index (χ1v) is 17.8. The first-order chi connectivity index (χ1) is 21.2. The number of carbonyl (C=O) groups is 1. The monoisotopic (exact) mass is 633 g/mol. The third-order valence-electron chi connectivity index (χ3n) is 11.5. The molecule has 1 aliphatic heterocycles. The van der Waals surface area contributed by atoms with Crippen molar-refractivity contribution in [3.8, 4) is 0 Å². The number of benzene rings is 1. The Kier molecular flexibility index (Phi) is 6.89. The van der Waals surface area contributed by atoms with Gasteiger partial charge in [-0.3, -0.25) is 9.36 Å². The van der Waals surface area contributed by atoms with Crippen LogP contribution >= 0.6 is 0 Å². The molecule has 2 spiro atoms. The van der Waals surface area contributed by atoms with E-state index in [-0.39, 0.29) is 33.8 Å². The van der Waals surface area contributed by atoms with Crippen LogP contribution in [0.3, 0.4) is 0 Å². The molecule has 2 N–H and O–H groups in total. The molecule has 0 radical (unpaired) electrons. The second-order valence-corrected chi connectivity index (χ2v) is 17.3. The van der Waals surface area contributed by atoms with Crippen LogP contribution in [-0.2, 0) is 9.84 Å². The molecule has 3 aliphatic carbocycles. The normalized spacial score (nSPS) is 25.4. The van der Waals surface area contributed by atoms with Gasteiger partial charge in [-0.05, 0) is 104 Å². The van der Waals surface area contributed by atoms with Crippen molar-refractivity contribution in [1.82, 2.24) is 19.4 Å². The van der Waals surface area contributed by atoms with E-state index in [0.717, 1.165) is 43.1 Å². The number of aryl methyl sites for hydroxylation is 1. The van der Waals surface area contributed by atoms with Crippen LogP contribution in [0.1, 0.15) is 83.7 Å². The quantitative estimate of drug-likeness (QED) is 0.334. The Labute approximate surface area is 264 Å². The summed E-state index contributed by atoms with van der Waals surface area (Å²) in [5.41, 5.74) is 1.89. The van der Waals surface area contributed by atoms with Crippen LogP contribution in [-0.4, -0.2) is 57.4 Å². The summed E-state index contributed by atoms with van der Waals surface area (Å²) in [4.78, 5) is 35.7. The topological polar surface area (TPSA) is 134 Å². The van der Waals surface area contributed by atoms with Crippen LogP contribution in [0.5, 0.6) is 0 Å². The number of rotatable bonds is 5. The number of hydrogen-bond acceptors (Lipinski definition) is 7. The number of carboxylic acid groups (broad SMARTS) is 1. The lowest BCUT2D eigenvalue weighted by molar-refractivity contribution is -0.0789. The molecule has 1 aromatic carbocycles. The standard InChI is InChI=1S/C34H43N5O5S/c1-21-18-23(45(43,44)25-19-34(28(25)32(2,3)4)14-16-38(17-15-34)31(41)42)8-9-24(21)36-30-35-20-22-7-10-27(40)39(29(22)37-30)26-6-5-11-33(26)12-13-33/h7-10,18,20,25-26,28H,5-6,11-17,19H2,1-4H3,(H,41,42)(H,35,36,37). The van der Waals surface area contributed by atoms with Crippen molar-refractivity contribution in [2.45, 2.75) is 95.2 Å². The summed E-state index contributed by atoms with van der Waals surface area (Å²) in [5.74, 6) is 0.298. The maximum absolute atomic E-state index is 14.1. The van der Waals surface area contributed by atoms with E-state index in [1.807, 2.05) is 11.5 Å². The third-order valence-corrected chi connectivity index (χ3v) is 13.7. The lowest BCUT2D eigenvalue weighted by Gasteiger charge is -2.62. The molecular formula is C34H43N5O5S. The number of nitrogens with one attached hydrogen (secondary N) is 1. The molecule has 240 valence electrons. The summed E-state index contributed by atoms with van der Waals surface area (Å²) >= 11 is 0. The van der Waals surface area contributed by atoms with Crippen LogP contribution in [0.4, 0.5) is 16.4 Å². The van der Waals surface area contributed by atoms with Gasteiger partial charge in [0.2, 0.25) is 5.95 Å². The van der Waals surface area contributed by atoms with Gasteiger partial charge in [0.15, 0.2) is 9.84 Å². The van der Waals surface area contributed by atoms with E-state index in [4.69, 9.17) is 4.98 Å². The Hall–Kier alpha value is -3.47. The fourth-order valence-electron chi connectivity index (χ4n) is 9.22. The molecule has 3 aromatic rings. The number of sulfone groups is 1. The predicted octanol–water partition coefficient (Wildman–Crippen LogP) is 6.32. The molecule has 2 aromatic heterocycles. The molecule has 3 heterocycles. The smallest absolute Gasteiger partial charge is 0.407 e. The first kappa shape index (κ1) is 30.2. The molecule has 3 atom stereocenters. The van der Waals surface area contributed by atoms with E-state index < -0.39 is 21.2 Å². The highest BCUT2D eigenvalue weighted by Gasteiger charge is 2.62. The molecule has 4 aliphatic rings. The van der Waals surface area contributed by atoms with Crippen molar-refractivity contribution in [2.24, 2.45) is 22.2 Å². The van der Waals surface area contributed by atoms with E-state index in [2.05, 4.69) is 31.1 Å². The zero-order chi connectivity index (χ0) is 31.9. The van der Waals surface area contributed by atoms with Crippen molar-refractivity contribution in [1.29, 1.82) is 0 Å². The highest BCUT2D eigenvalue weighted by atomic mass is 32.2. The van der Waals surface area contributed by atoms with Gasteiger partial charge in [0.1, 0.15) is 5.65 Å². The van der Waals surface area contributed by atoms with E-state index in [1.165, 1.54) is 4.90 Å². The van der Waals surface area contributed by atoms with Crippen LogP contribution in [0.15, 0.2) is 46.2 Å². The Morgan fingerprint density at radius 1 is 1.04 bits per heavy atom. The van der Waals surface area contributed by atoms with Crippen LogP contribution in [0, 0.1) is 29.1 Å². The SMILES string of the molecule is Cc1cc(S(=O)(=O)C2CC3(CCN(C(=O)O)CC3)C2C(C)(C)C)ccc1Nc1ncc2ccc(=O)n(C3CCCC34CC4)c2n1. The summed E-state index contributed by atoms with van der Waals surface area (Å²) in [6, 6.07) is 8.72. The number of nitrogens with zero attached hydrogens (tertiary/aromatic N) is 4. The maximum Gasteiger partial charge on any atom is 0.407 e. The van der Waals surface area contributed by atoms with Gasteiger partial charge >= 0.3 is 6.09 Å². The van der Waals surface area contributed by atoms with Crippen molar-refractivity contribution in [3.63, 3.8) is 0 Å². The second-order valence-electron chi connectivity index (χ2n) is 15.1. The average molecular weight is 634 g/mol. The molecular weight excluding hydrogens is 590 g/mol. The largest absolute Gasteiger partial charge is 0.465 e. The zero-order valence-corrected chi connectivity index (χ0v) is 27.4. The Bertz CT molecular complexity index is 1850. The number of likely N-dealkylation sites (tertiary alicyclic amines) is 1. The maximum atomic E-state index is 14.1. The third kappa shape index (κ3) is 4.93. The van der Waals surface area contributed by atoms with Gasteiger partial charge < -0.3 is 15.3 Å². The molecule has 11 heteroatoms. The van der Waals surface area contributed by atoms with Crippen molar-refractivity contribution < 1.29 is 18.3 Å². The van der Waals surface area contributed by atoms with E-state index >= 15 is 0 Å². The summed E-state index contributed by atoms with van der Waals surface area (Å²) in [6.45, 7) is 9.07. The fraction of sp³-hybridized carbons (Fsp3) is 0.588. The Morgan fingerprint density at radius 3 is 2.42 bits per heavy atom. The molecule has 1 amide bonds. The highest BCUT2D eigenvalue weighted by Crippen LogP contribution is 2.64. The Morgan fingerprint density at radius 2 is 1.78 bits per heavy atom. The van der Waals surface area contributed by atoms with Crippen LogP contribution in [0.25, 0.3) is 11.0 Å². The second kappa shape index (κ2) is 10.3. The van der Waals surface area contributed by atoms with Gasteiger partial charge in [-0.15, -0.1) is 0 Å². The van der Waals surface area contributed by atoms with Gasteiger partial charge in [0.25, 0.3) is 5.56 Å². The molecule has 7 rings (SSSR count). The van der Waals surface area contributed by atoms with Crippen molar-refractivity contribution in [2.75, 3.05) is 18.4 Å². The van der Waals surface area contributed by atoms with Gasteiger partial charge in [0, 0.05) is 42.5 Å². The average Bonchev–Trinajstić information content (AvgIpc) is 3.63. The van der Waals surface area contributed by atoms with Gasteiger partial charge in [0.05, 0.1) is 10.1 Å². The molecule has 1 saturated heterocycles. The number of fused-ring (bicyclic) bond motifs is 1. The number of pyridine rings is 1. The van der Waals surface area contributed by atoms with E-state index in [9.17, 15) is 23.1 Å². The number of aromatic nitrogens is 3. The van der Waals surface area contributed by atoms with Crippen LogP contribution < -0.4 is 10.9 Å².